The first-order chi connectivity index (χ1) is 23.9. The number of halogens is 2. The lowest BCUT2D eigenvalue weighted by atomic mass is 9.99. The van der Waals surface area contributed by atoms with E-state index < -0.39 is 0 Å². The molecule has 5 heterocycles. The summed E-state index contributed by atoms with van der Waals surface area (Å²) in [6.45, 7) is 3.73. The van der Waals surface area contributed by atoms with Gasteiger partial charge in [0, 0.05) is 104 Å². The summed E-state index contributed by atoms with van der Waals surface area (Å²) in [6, 6.07) is 18.6. The minimum absolute atomic E-state index is 0.113. The molecule has 1 unspecified atom stereocenters. The van der Waals surface area contributed by atoms with Crippen molar-refractivity contribution in [2.75, 3.05) is 26.9 Å². The largest absolute Gasteiger partial charge is 0.496 e. The standard InChI is InChI=1S/C38H40Cl2N6O3/c1-46-22-25(20-43-26-13-16-49-17-14-26)28-9-10-32(45-38(28)46)31-5-3-4-29(35(31)39)30-12-15-42-37(36(30)40)23-6-7-24(33(18-23)48-2)19-41-21-27-8-11-34(47)44-27/h3-7,9-10,12,15,18,22,26-27,41,43H,8,11,13-14,16-17,19-21H2,1-2H3,(H,44,47). The Balaban J connectivity index is 1.13. The lowest BCUT2D eigenvalue weighted by Crippen LogP contribution is -2.35. The summed E-state index contributed by atoms with van der Waals surface area (Å²) in [6.07, 6.45) is 7.41. The summed E-state index contributed by atoms with van der Waals surface area (Å²) in [5.74, 6) is 0.843. The second-order valence-electron chi connectivity index (χ2n) is 12.7. The molecule has 2 saturated heterocycles. The molecule has 3 aromatic heterocycles. The van der Waals surface area contributed by atoms with Crippen molar-refractivity contribution in [3.63, 3.8) is 0 Å². The molecular formula is C38H40Cl2N6O3. The molecule has 11 heteroatoms. The SMILES string of the molecule is COc1cc(-c2nccc(-c3cccc(-c4ccc5c(CNC6CCOCC6)cn(C)c5n4)c3Cl)c2Cl)ccc1CNCC1CCC(=O)N1. The molecule has 7 rings (SSSR count). The zero-order valence-corrected chi connectivity index (χ0v) is 29.2. The Morgan fingerprint density at radius 3 is 2.59 bits per heavy atom. The van der Waals surface area contributed by atoms with E-state index >= 15 is 0 Å². The van der Waals surface area contributed by atoms with Crippen LogP contribution in [0.4, 0.5) is 0 Å². The number of hydrogen-bond acceptors (Lipinski definition) is 7. The van der Waals surface area contributed by atoms with Gasteiger partial charge in [-0.15, -0.1) is 0 Å². The first kappa shape index (κ1) is 33.5. The molecule has 2 aromatic carbocycles. The fraction of sp³-hybridized carbons (Fsp3) is 0.342. The second kappa shape index (κ2) is 14.9. The monoisotopic (exact) mass is 698 g/mol. The van der Waals surface area contributed by atoms with Crippen molar-refractivity contribution in [1.82, 2.24) is 30.5 Å². The van der Waals surface area contributed by atoms with Crippen LogP contribution in [-0.4, -0.2) is 59.4 Å². The van der Waals surface area contributed by atoms with Crippen LogP contribution in [0.25, 0.3) is 44.7 Å². The van der Waals surface area contributed by atoms with Gasteiger partial charge in [-0.3, -0.25) is 9.78 Å². The molecule has 9 nitrogen and oxygen atoms in total. The Bertz CT molecular complexity index is 1990. The lowest BCUT2D eigenvalue weighted by molar-refractivity contribution is -0.119. The van der Waals surface area contributed by atoms with E-state index in [9.17, 15) is 4.79 Å². The number of nitrogens with zero attached hydrogens (tertiary/aromatic N) is 3. The van der Waals surface area contributed by atoms with Gasteiger partial charge < -0.3 is 30.0 Å². The molecule has 0 bridgehead atoms. The van der Waals surface area contributed by atoms with Crippen molar-refractivity contribution in [2.24, 2.45) is 7.05 Å². The summed E-state index contributed by atoms with van der Waals surface area (Å²) in [7, 11) is 3.69. The van der Waals surface area contributed by atoms with Gasteiger partial charge in [-0.25, -0.2) is 4.98 Å². The number of pyridine rings is 2. The summed E-state index contributed by atoms with van der Waals surface area (Å²) in [5, 5.41) is 12.3. The van der Waals surface area contributed by atoms with Gasteiger partial charge in [0.15, 0.2) is 0 Å². The van der Waals surface area contributed by atoms with Gasteiger partial charge in [-0.1, -0.05) is 53.5 Å². The van der Waals surface area contributed by atoms with Crippen LogP contribution in [0.3, 0.4) is 0 Å². The fourth-order valence-corrected chi connectivity index (χ4v) is 7.47. The van der Waals surface area contributed by atoms with Crippen molar-refractivity contribution < 1.29 is 14.3 Å². The molecule has 1 atom stereocenters. The maximum absolute atomic E-state index is 11.5. The van der Waals surface area contributed by atoms with Crippen molar-refractivity contribution in [1.29, 1.82) is 0 Å². The zero-order chi connectivity index (χ0) is 33.9. The molecular weight excluding hydrogens is 659 g/mol. The number of ether oxygens (including phenoxy) is 2. The van der Waals surface area contributed by atoms with E-state index in [1.807, 2.05) is 55.6 Å². The summed E-state index contributed by atoms with van der Waals surface area (Å²) in [5.41, 5.74) is 7.80. The molecule has 0 radical (unpaired) electrons. The van der Waals surface area contributed by atoms with Crippen LogP contribution in [0.2, 0.25) is 10.0 Å². The topological polar surface area (TPSA) is 102 Å². The number of carbonyl (C=O) groups excluding carboxylic acids is 1. The molecule has 0 spiro atoms. The maximum atomic E-state index is 11.5. The second-order valence-corrected chi connectivity index (χ2v) is 13.5. The summed E-state index contributed by atoms with van der Waals surface area (Å²) < 4.78 is 13.3. The minimum Gasteiger partial charge on any atom is -0.496 e. The van der Waals surface area contributed by atoms with Crippen molar-refractivity contribution >= 4 is 40.1 Å². The minimum atomic E-state index is 0.113. The highest BCUT2D eigenvalue weighted by atomic mass is 35.5. The molecule has 2 aliphatic heterocycles. The third-order valence-electron chi connectivity index (χ3n) is 9.51. The molecule has 5 aromatic rings. The van der Waals surface area contributed by atoms with Gasteiger partial charge in [0.2, 0.25) is 5.91 Å². The fourth-order valence-electron chi connectivity index (χ4n) is 6.82. The Hall–Kier alpha value is -3.99. The van der Waals surface area contributed by atoms with Crippen molar-refractivity contribution in [2.45, 2.75) is 50.9 Å². The molecule has 1 amide bonds. The van der Waals surface area contributed by atoms with Crippen molar-refractivity contribution in [3.05, 3.63) is 88.2 Å². The third kappa shape index (κ3) is 7.18. The smallest absolute Gasteiger partial charge is 0.220 e. The molecule has 49 heavy (non-hydrogen) atoms. The maximum Gasteiger partial charge on any atom is 0.220 e. The van der Waals surface area contributed by atoms with Crippen LogP contribution in [0, 0.1) is 0 Å². The van der Waals surface area contributed by atoms with Gasteiger partial charge in [-0.05, 0) is 49.1 Å². The Labute approximate surface area is 296 Å². The average molecular weight is 700 g/mol. The average Bonchev–Trinajstić information content (AvgIpc) is 3.69. The molecule has 2 fully saturated rings. The third-order valence-corrected chi connectivity index (χ3v) is 10.3. The van der Waals surface area contributed by atoms with E-state index in [1.165, 1.54) is 5.56 Å². The number of benzene rings is 2. The number of nitrogens with one attached hydrogen (secondary N) is 3. The summed E-state index contributed by atoms with van der Waals surface area (Å²) >= 11 is 14.3. The molecule has 254 valence electrons. The Kier molecular flexibility index (Phi) is 10.2. The predicted octanol–water partition coefficient (Wildman–Crippen LogP) is 6.92. The quantitative estimate of drug-likeness (QED) is 0.138. The number of carbonyl (C=O) groups is 1. The number of rotatable bonds is 11. The van der Waals surface area contributed by atoms with Crippen molar-refractivity contribution in [3.8, 4) is 39.4 Å². The normalized spacial score (nSPS) is 16.7. The zero-order valence-electron chi connectivity index (χ0n) is 27.7. The van der Waals surface area contributed by atoms with E-state index in [4.69, 9.17) is 37.7 Å². The van der Waals surface area contributed by atoms with Gasteiger partial charge >= 0.3 is 0 Å². The van der Waals surface area contributed by atoms with Crippen LogP contribution in [0.5, 0.6) is 5.75 Å². The lowest BCUT2D eigenvalue weighted by Gasteiger charge is -2.23. The number of aromatic nitrogens is 3. The first-order valence-electron chi connectivity index (χ1n) is 16.8. The van der Waals surface area contributed by atoms with Crippen LogP contribution in [-0.2, 0) is 29.7 Å². The van der Waals surface area contributed by atoms with E-state index in [1.54, 1.807) is 13.3 Å². The summed E-state index contributed by atoms with van der Waals surface area (Å²) in [4.78, 5) is 21.2. The van der Waals surface area contributed by atoms with E-state index in [0.29, 0.717) is 41.3 Å². The Morgan fingerprint density at radius 1 is 0.980 bits per heavy atom. The highest BCUT2D eigenvalue weighted by molar-refractivity contribution is 6.39. The number of amides is 1. The van der Waals surface area contributed by atoms with E-state index in [0.717, 1.165) is 89.3 Å². The molecule has 0 aliphatic carbocycles. The van der Waals surface area contributed by atoms with E-state index in [-0.39, 0.29) is 11.9 Å². The van der Waals surface area contributed by atoms with Crippen LogP contribution in [0.15, 0.2) is 67.0 Å². The van der Waals surface area contributed by atoms with Gasteiger partial charge in [-0.2, -0.15) is 0 Å². The number of aryl methyl sites for hydroxylation is 1. The van der Waals surface area contributed by atoms with Crippen LogP contribution >= 0.6 is 23.2 Å². The van der Waals surface area contributed by atoms with Crippen LogP contribution < -0.4 is 20.7 Å². The van der Waals surface area contributed by atoms with Gasteiger partial charge in [0.1, 0.15) is 11.4 Å². The molecule has 2 aliphatic rings. The van der Waals surface area contributed by atoms with Gasteiger partial charge in [0.05, 0.1) is 28.5 Å². The highest BCUT2D eigenvalue weighted by Crippen LogP contribution is 2.42. The van der Waals surface area contributed by atoms with Gasteiger partial charge in [0.25, 0.3) is 0 Å². The molecule has 3 N–H and O–H groups in total. The highest BCUT2D eigenvalue weighted by Gasteiger charge is 2.21. The first-order valence-corrected chi connectivity index (χ1v) is 17.5. The molecule has 0 saturated carbocycles. The number of fused-ring (bicyclic) bond motifs is 1. The number of hydrogen-bond donors (Lipinski definition) is 3. The van der Waals surface area contributed by atoms with Crippen LogP contribution in [0.1, 0.15) is 36.8 Å². The van der Waals surface area contributed by atoms with E-state index in [2.05, 4.69) is 37.8 Å². The Morgan fingerprint density at radius 2 is 1.80 bits per heavy atom. The number of methoxy groups -OCH3 is 1. The predicted molar refractivity (Wildman–Crippen MR) is 195 cm³/mol.